The Morgan fingerprint density at radius 1 is 1.31 bits per heavy atom. The van der Waals surface area contributed by atoms with E-state index in [4.69, 9.17) is 0 Å². The third-order valence-electron chi connectivity index (χ3n) is 3.10. The first-order chi connectivity index (χ1) is 7.30. The van der Waals surface area contributed by atoms with E-state index in [1.807, 2.05) is 11.3 Å². The van der Waals surface area contributed by atoms with Crippen LogP contribution < -0.4 is 5.32 Å². The van der Waals surface area contributed by atoms with Crippen molar-refractivity contribution in [2.24, 2.45) is 5.41 Å². The van der Waals surface area contributed by atoms with E-state index in [0.29, 0.717) is 11.5 Å². The highest BCUT2D eigenvalue weighted by molar-refractivity contribution is 7.11. The standard InChI is InChI=1S/C13H24N2S/c1-9-12(16-11(3)15-9)7-8-14-10(2)13(4,5)6/h10,14H,7-8H2,1-6H3. The van der Waals surface area contributed by atoms with Gasteiger partial charge in [0.2, 0.25) is 0 Å². The molecule has 0 aliphatic rings. The lowest BCUT2D eigenvalue weighted by molar-refractivity contribution is 0.288. The third kappa shape index (κ3) is 3.87. The Hall–Kier alpha value is -0.410. The zero-order valence-corrected chi connectivity index (χ0v) is 12.2. The number of hydrogen-bond donors (Lipinski definition) is 1. The summed E-state index contributed by atoms with van der Waals surface area (Å²) in [4.78, 5) is 5.87. The molecule has 0 aliphatic heterocycles. The highest BCUT2D eigenvalue weighted by Gasteiger charge is 2.18. The molecule has 1 rings (SSSR count). The van der Waals surface area contributed by atoms with Crippen LogP contribution in [0.15, 0.2) is 0 Å². The van der Waals surface area contributed by atoms with Crippen LogP contribution in [0.2, 0.25) is 0 Å². The summed E-state index contributed by atoms with van der Waals surface area (Å²) in [6.45, 7) is 14.3. The van der Waals surface area contributed by atoms with Gasteiger partial charge in [-0.05, 0) is 32.6 Å². The van der Waals surface area contributed by atoms with Crippen molar-refractivity contribution in [3.05, 3.63) is 15.6 Å². The Labute approximate surface area is 103 Å². The molecule has 2 nitrogen and oxygen atoms in total. The van der Waals surface area contributed by atoms with E-state index < -0.39 is 0 Å². The van der Waals surface area contributed by atoms with Gasteiger partial charge in [0.1, 0.15) is 0 Å². The van der Waals surface area contributed by atoms with Crippen LogP contribution in [0.5, 0.6) is 0 Å². The molecule has 0 aliphatic carbocycles. The molecule has 0 aromatic carbocycles. The van der Waals surface area contributed by atoms with Crippen LogP contribution in [0.25, 0.3) is 0 Å². The normalized spacial score (nSPS) is 14.1. The predicted molar refractivity (Wildman–Crippen MR) is 72.2 cm³/mol. The molecule has 0 saturated carbocycles. The van der Waals surface area contributed by atoms with Crippen molar-refractivity contribution >= 4 is 11.3 Å². The van der Waals surface area contributed by atoms with E-state index in [-0.39, 0.29) is 0 Å². The van der Waals surface area contributed by atoms with Gasteiger partial charge in [-0.2, -0.15) is 0 Å². The van der Waals surface area contributed by atoms with Crippen LogP contribution in [-0.4, -0.2) is 17.6 Å². The molecule has 1 atom stereocenters. The van der Waals surface area contributed by atoms with Gasteiger partial charge in [-0.3, -0.25) is 0 Å². The second kappa shape index (κ2) is 5.28. The zero-order chi connectivity index (χ0) is 12.3. The van der Waals surface area contributed by atoms with Gasteiger partial charge in [-0.15, -0.1) is 11.3 Å². The second-order valence-corrected chi connectivity index (χ2v) is 6.82. The maximum Gasteiger partial charge on any atom is 0.0900 e. The first-order valence-electron chi connectivity index (χ1n) is 5.97. The molecule has 0 radical (unpaired) electrons. The molecule has 0 amide bonds. The summed E-state index contributed by atoms with van der Waals surface area (Å²) in [7, 11) is 0. The van der Waals surface area contributed by atoms with Crippen molar-refractivity contribution in [3.8, 4) is 0 Å². The van der Waals surface area contributed by atoms with Crippen molar-refractivity contribution in [1.29, 1.82) is 0 Å². The third-order valence-corrected chi connectivity index (χ3v) is 4.23. The first-order valence-corrected chi connectivity index (χ1v) is 6.78. The molecule has 0 fully saturated rings. The van der Waals surface area contributed by atoms with E-state index in [0.717, 1.165) is 13.0 Å². The number of aromatic nitrogens is 1. The van der Waals surface area contributed by atoms with Crippen molar-refractivity contribution in [2.75, 3.05) is 6.54 Å². The Bertz CT molecular complexity index is 336. The molecule has 0 saturated heterocycles. The number of thiazole rings is 1. The molecule has 1 N–H and O–H groups in total. The largest absolute Gasteiger partial charge is 0.313 e. The number of rotatable bonds is 4. The van der Waals surface area contributed by atoms with Crippen LogP contribution in [0.4, 0.5) is 0 Å². The quantitative estimate of drug-likeness (QED) is 0.873. The van der Waals surface area contributed by atoms with Crippen molar-refractivity contribution in [1.82, 2.24) is 10.3 Å². The molecule has 1 unspecified atom stereocenters. The topological polar surface area (TPSA) is 24.9 Å². The van der Waals surface area contributed by atoms with Crippen LogP contribution in [-0.2, 0) is 6.42 Å². The summed E-state index contributed by atoms with van der Waals surface area (Å²) in [6.07, 6.45) is 1.10. The predicted octanol–water partition coefficient (Wildman–Crippen LogP) is 3.33. The number of nitrogens with one attached hydrogen (secondary N) is 1. The molecule has 1 aromatic heterocycles. The highest BCUT2D eigenvalue weighted by Crippen LogP contribution is 2.20. The molecule has 16 heavy (non-hydrogen) atoms. The lowest BCUT2D eigenvalue weighted by Gasteiger charge is -2.28. The summed E-state index contributed by atoms with van der Waals surface area (Å²) in [6, 6.07) is 0.543. The van der Waals surface area contributed by atoms with E-state index >= 15 is 0 Å². The Morgan fingerprint density at radius 2 is 1.94 bits per heavy atom. The summed E-state index contributed by atoms with van der Waals surface area (Å²) in [5, 5.41) is 4.76. The maximum absolute atomic E-state index is 4.45. The molecule has 0 bridgehead atoms. The number of hydrogen-bond acceptors (Lipinski definition) is 3. The molecule has 1 heterocycles. The minimum Gasteiger partial charge on any atom is -0.313 e. The van der Waals surface area contributed by atoms with Crippen molar-refractivity contribution in [2.45, 2.75) is 54.0 Å². The molecule has 0 spiro atoms. The monoisotopic (exact) mass is 240 g/mol. The maximum atomic E-state index is 4.45. The van der Waals surface area contributed by atoms with Gasteiger partial charge < -0.3 is 5.32 Å². The smallest absolute Gasteiger partial charge is 0.0900 e. The Morgan fingerprint density at radius 3 is 2.38 bits per heavy atom. The number of nitrogens with zero attached hydrogens (tertiary/aromatic N) is 1. The van der Waals surface area contributed by atoms with Gasteiger partial charge in [0, 0.05) is 17.5 Å². The lowest BCUT2D eigenvalue weighted by atomic mass is 9.88. The fourth-order valence-electron chi connectivity index (χ4n) is 1.51. The average Bonchev–Trinajstić information content (AvgIpc) is 2.43. The van der Waals surface area contributed by atoms with E-state index in [1.165, 1.54) is 15.6 Å². The van der Waals surface area contributed by atoms with E-state index in [9.17, 15) is 0 Å². The van der Waals surface area contributed by atoms with Crippen LogP contribution in [0, 0.1) is 19.3 Å². The van der Waals surface area contributed by atoms with Gasteiger partial charge in [-0.25, -0.2) is 4.98 Å². The van der Waals surface area contributed by atoms with Gasteiger partial charge in [-0.1, -0.05) is 20.8 Å². The summed E-state index contributed by atoms with van der Waals surface area (Å²) in [5.74, 6) is 0. The van der Waals surface area contributed by atoms with E-state index in [1.54, 1.807) is 0 Å². The average molecular weight is 240 g/mol. The summed E-state index contributed by atoms with van der Waals surface area (Å²) in [5.41, 5.74) is 1.53. The number of aryl methyl sites for hydroxylation is 2. The van der Waals surface area contributed by atoms with Crippen LogP contribution in [0.1, 0.15) is 43.3 Å². The second-order valence-electron chi connectivity index (χ2n) is 5.53. The minimum atomic E-state index is 0.332. The molecule has 1 aromatic rings. The molecule has 3 heteroatoms. The van der Waals surface area contributed by atoms with Gasteiger partial charge >= 0.3 is 0 Å². The summed E-state index contributed by atoms with van der Waals surface area (Å²) >= 11 is 1.82. The molecular weight excluding hydrogens is 216 g/mol. The molecular formula is C13H24N2S. The zero-order valence-electron chi connectivity index (χ0n) is 11.3. The van der Waals surface area contributed by atoms with Crippen molar-refractivity contribution in [3.63, 3.8) is 0 Å². The lowest BCUT2D eigenvalue weighted by Crippen LogP contribution is -2.38. The van der Waals surface area contributed by atoms with Crippen molar-refractivity contribution < 1.29 is 0 Å². The van der Waals surface area contributed by atoms with Gasteiger partial charge in [0.15, 0.2) is 0 Å². The SMILES string of the molecule is Cc1nc(C)c(CCNC(C)C(C)(C)C)s1. The summed E-state index contributed by atoms with van der Waals surface area (Å²) < 4.78 is 0. The van der Waals surface area contributed by atoms with E-state index in [2.05, 4.69) is 51.8 Å². The Kier molecular flexibility index (Phi) is 4.51. The van der Waals surface area contributed by atoms with Gasteiger partial charge in [0.05, 0.1) is 10.7 Å². The molecule has 92 valence electrons. The first kappa shape index (κ1) is 13.7. The van der Waals surface area contributed by atoms with Crippen LogP contribution >= 0.6 is 11.3 Å². The minimum absolute atomic E-state index is 0.332. The fourth-order valence-corrected chi connectivity index (χ4v) is 2.45. The Balaban J connectivity index is 2.39. The van der Waals surface area contributed by atoms with Gasteiger partial charge in [0.25, 0.3) is 0 Å². The fraction of sp³-hybridized carbons (Fsp3) is 0.769. The highest BCUT2D eigenvalue weighted by atomic mass is 32.1. The van der Waals surface area contributed by atoms with Crippen LogP contribution in [0.3, 0.4) is 0 Å².